The average molecular weight is 566 g/mol. The van der Waals surface area contributed by atoms with E-state index in [2.05, 4.69) is 56.5 Å². The summed E-state index contributed by atoms with van der Waals surface area (Å²) in [4.78, 5) is 25.5. The van der Waals surface area contributed by atoms with E-state index < -0.39 is 8.07 Å². The van der Waals surface area contributed by atoms with Gasteiger partial charge < -0.3 is 23.8 Å². The van der Waals surface area contributed by atoms with Crippen molar-refractivity contribution in [1.29, 1.82) is 0 Å². The number of hydrogen-bond donors (Lipinski definition) is 1. The highest BCUT2D eigenvalue weighted by Gasteiger charge is 2.16. The molecule has 0 spiro atoms. The molecule has 0 saturated carbocycles. The van der Waals surface area contributed by atoms with Gasteiger partial charge in [-0.05, 0) is 76.0 Å². The Bertz CT molecular complexity index is 814. The van der Waals surface area contributed by atoms with Crippen molar-refractivity contribution in [3.8, 4) is 0 Å². The van der Waals surface area contributed by atoms with Crippen molar-refractivity contribution in [1.82, 2.24) is 9.55 Å². The Morgan fingerprint density at radius 2 is 1.63 bits per heavy atom. The van der Waals surface area contributed by atoms with Gasteiger partial charge in [0.05, 0.1) is 22.4 Å². The highest BCUT2D eigenvalue weighted by atomic mass is 79.9. The maximum atomic E-state index is 11.8. The largest absolute Gasteiger partial charge is 0.461 e. The second-order valence-electron chi connectivity index (χ2n) is 7.48. The third-order valence-corrected chi connectivity index (χ3v) is 6.63. The number of aromatic amines is 1. The zero-order valence-electron chi connectivity index (χ0n) is 18.1. The number of hydrogen-bond acceptors (Lipinski definition) is 5. The molecular formula is C20H30Br2N2O5Si. The SMILES string of the molecule is CCOC(=O)c1ccc(Br)[nH]1.CCOC(=O)c1ccc(Br)n1COCC[Si](C)(C)C. The van der Waals surface area contributed by atoms with Crippen molar-refractivity contribution in [3.63, 3.8) is 0 Å². The van der Waals surface area contributed by atoms with E-state index in [0.717, 1.165) is 21.9 Å². The lowest BCUT2D eigenvalue weighted by molar-refractivity contribution is 0.0469. The highest BCUT2D eigenvalue weighted by molar-refractivity contribution is 9.10. The van der Waals surface area contributed by atoms with Crippen LogP contribution in [-0.4, -0.2) is 49.4 Å². The summed E-state index contributed by atoms with van der Waals surface area (Å²) in [6, 6.07) is 8.10. The fraction of sp³-hybridized carbons (Fsp3) is 0.500. The Balaban J connectivity index is 0.000000346. The van der Waals surface area contributed by atoms with E-state index in [4.69, 9.17) is 14.2 Å². The molecule has 0 unspecified atom stereocenters. The summed E-state index contributed by atoms with van der Waals surface area (Å²) in [6.45, 7) is 12.4. The third kappa shape index (κ3) is 9.63. The fourth-order valence-corrected chi connectivity index (χ4v) is 3.72. The number of nitrogens with zero attached hydrogens (tertiary/aromatic N) is 1. The Morgan fingerprint density at radius 1 is 1.00 bits per heavy atom. The molecule has 2 aromatic heterocycles. The molecule has 0 aromatic carbocycles. The molecule has 0 aliphatic carbocycles. The smallest absolute Gasteiger partial charge is 0.355 e. The molecule has 0 radical (unpaired) electrons. The Labute approximate surface area is 195 Å². The first-order valence-corrected chi connectivity index (χ1v) is 15.0. The zero-order valence-corrected chi connectivity index (χ0v) is 22.3. The number of halogens is 2. The molecule has 0 aliphatic heterocycles. The summed E-state index contributed by atoms with van der Waals surface area (Å²) in [5.41, 5.74) is 0.987. The van der Waals surface area contributed by atoms with Crippen LogP contribution >= 0.6 is 31.9 Å². The van der Waals surface area contributed by atoms with Gasteiger partial charge >= 0.3 is 11.9 Å². The van der Waals surface area contributed by atoms with E-state index in [9.17, 15) is 9.59 Å². The van der Waals surface area contributed by atoms with Gasteiger partial charge in [-0.1, -0.05) is 19.6 Å². The third-order valence-electron chi connectivity index (χ3n) is 3.77. The number of H-pyrrole nitrogens is 1. The van der Waals surface area contributed by atoms with Crippen molar-refractivity contribution in [2.24, 2.45) is 0 Å². The van der Waals surface area contributed by atoms with Crippen LogP contribution in [0.1, 0.15) is 34.8 Å². The molecule has 30 heavy (non-hydrogen) atoms. The Kier molecular flexibility index (Phi) is 11.7. The van der Waals surface area contributed by atoms with Gasteiger partial charge in [0.2, 0.25) is 0 Å². The minimum Gasteiger partial charge on any atom is -0.461 e. The van der Waals surface area contributed by atoms with Crippen LogP contribution < -0.4 is 0 Å². The molecular weight excluding hydrogens is 536 g/mol. The van der Waals surface area contributed by atoms with E-state index in [1.54, 1.807) is 36.6 Å². The minimum atomic E-state index is -1.08. The second kappa shape index (κ2) is 13.1. The molecule has 0 amide bonds. The van der Waals surface area contributed by atoms with Gasteiger partial charge in [-0.25, -0.2) is 9.59 Å². The number of aromatic nitrogens is 2. The summed E-state index contributed by atoms with van der Waals surface area (Å²) in [7, 11) is -1.08. The molecule has 0 fully saturated rings. The van der Waals surface area contributed by atoms with Crippen molar-refractivity contribution >= 4 is 51.9 Å². The molecule has 168 valence electrons. The maximum absolute atomic E-state index is 11.8. The molecule has 2 heterocycles. The Morgan fingerprint density at radius 3 is 2.17 bits per heavy atom. The van der Waals surface area contributed by atoms with E-state index in [-0.39, 0.29) is 11.9 Å². The van der Waals surface area contributed by atoms with Gasteiger partial charge in [-0.15, -0.1) is 0 Å². The van der Waals surface area contributed by atoms with Crippen molar-refractivity contribution in [2.75, 3.05) is 19.8 Å². The van der Waals surface area contributed by atoms with Crippen LogP contribution in [0.4, 0.5) is 0 Å². The van der Waals surface area contributed by atoms with Crippen LogP contribution in [0.15, 0.2) is 33.5 Å². The summed E-state index contributed by atoms with van der Waals surface area (Å²) in [5.74, 6) is -0.639. The summed E-state index contributed by atoms with van der Waals surface area (Å²) in [6.07, 6.45) is 0. The summed E-state index contributed by atoms with van der Waals surface area (Å²) in [5, 5.41) is 0. The topological polar surface area (TPSA) is 82.6 Å². The first-order valence-electron chi connectivity index (χ1n) is 9.70. The monoisotopic (exact) mass is 564 g/mol. The molecule has 0 atom stereocenters. The predicted octanol–water partition coefficient (Wildman–Crippen LogP) is 5.69. The van der Waals surface area contributed by atoms with E-state index in [0.29, 0.717) is 31.3 Å². The predicted molar refractivity (Wildman–Crippen MR) is 127 cm³/mol. The second-order valence-corrected chi connectivity index (χ2v) is 14.8. The van der Waals surface area contributed by atoms with Gasteiger partial charge in [0, 0.05) is 14.7 Å². The normalized spacial score (nSPS) is 10.9. The van der Waals surface area contributed by atoms with Gasteiger partial charge in [0.1, 0.15) is 18.1 Å². The number of carbonyl (C=O) groups is 2. The molecule has 7 nitrogen and oxygen atoms in total. The van der Waals surface area contributed by atoms with Gasteiger partial charge in [-0.3, -0.25) is 0 Å². The first-order chi connectivity index (χ1) is 14.1. The molecule has 2 aromatic rings. The minimum absolute atomic E-state index is 0.318. The number of carbonyl (C=O) groups excluding carboxylic acids is 2. The summed E-state index contributed by atoms with van der Waals surface area (Å²) >= 11 is 6.60. The molecule has 1 N–H and O–H groups in total. The Hall–Kier alpha value is -1.36. The van der Waals surface area contributed by atoms with E-state index >= 15 is 0 Å². The maximum Gasteiger partial charge on any atom is 0.355 e. The zero-order chi connectivity index (χ0) is 22.7. The lowest BCUT2D eigenvalue weighted by Gasteiger charge is -2.16. The molecule has 10 heteroatoms. The molecule has 2 rings (SSSR count). The van der Waals surface area contributed by atoms with Crippen LogP contribution in [-0.2, 0) is 20.9 Å². The first kappa shape index (κ1) is 26.7. The fourth-order valence-electron chi connectivity index (χ4n) is 2.19. The van der Waals surface area contributed by atoms with Crippen molar-refractivity contribution < 1.29 is 23.8 Å². The van der Waals surface area contributed by atoms with Crippen molar-refractivity contribution in [3.05, 3.63) is 44.9 Å². The average Bonchev–Trinajstić information content (AvgIpc) is 3.25. The van der Waals surface area contributed by atoms with Crippen LogP contribution in [0, 0.1) is 0 Å². The molecule has 0 saturated heterocycles. The quantitative estimate of drug-likeness (QED) is 0.240. The van der Waals surface area contributed by atoms with Crippen LogP contribution in [0.5, 0.6) is 0 Å². The standard InChI is InChI=1S/C13H22BrNO3Si.C7H8BrNO2/c1-5-18-13(16)11-6-7-12(14)15(11)10-17-8-9-19(2,3)4;1-2-11-7(10)5-3-4-6(8)9-5/h6-7H,5,8-10H2,1-4H3;3-4,9H,2H2,1H3. The number of rotatable bonds is 9. The summed E-state index contributed by atoms with van der Waals surface area (Å²) < 4.78 is 18.8. The lowest BCUT2D eigenvalue weighted by Crippen LogP contribution is -2.22. The van der Waals surface area contributed by atoms with Gasteiger partial charge in [0.15, 0.2) is 0 Å². The lowest BCUT2D eigenvalue weighted by atomic mass is 10.4. The molecule has 0 aliphatic rings. The highest BCUT2D eigenvalue weighted by Crippen LogP contribution is 2.17. The number of ether oxygens (including phenoxy) is 3. The van der Waals surface area contributed by atoms with Crippen LogP contribution in [0.3, 0.4) is 0 Å². The van der Waals surface area contributed by atoms with Gasteiger partial charge in [-0.2, -0.15) is 0 Å². The van der Waals surface area contributed by atoms with E-state index in [1.807, 2.05) is 6.07 Å². The van der Waals surface area contributed by atoms with E-state index in [1.165, 1.54) is 0 Å². The number of esters is 2. The van der Waals surface area contributed by atoms with Crippen molar-refractivity contribution in [2.45, 2.75) is 46.3 Å². The number of nitrogens with one attached hydrogen (secondary N) is 1. The van der Waals surface area contributed by atoms with Crippen LogP contribution in [0.25, 0.3) is 0 Å². The van der Waals surface area contributed by atoms with Crippen LogP contribution in [0.2, 0.25) is 25.7 Å². The molecule has 0 bridgehead atoms. The van der Waals surface area contributed by atoms with Gasteiger partial charge in [0.25, 0.3) is 0 Å².